The van der Waals surface area contributed by atoms with Crippen LogP contribution in [0, 0.1) is 11.3 Å². The average molecular weight is 445 g/mol. The van der Waals surface area contributed by atoms with Crippen molar-refractivity contribution >= 4 is 17.9 Å². The molecule has 0 unspecified atom stereocenters. The Morgan fingerprint density at radius 1 is 1.09 bits per heavy atom. The number of carbonyl (C=O) groups excluding carboxylic acids is 3. The molecule has 174 valence electrons. The van der Waals surface area contributed by atoms with Crippen molar-refractivity contribution in [3.63, 3.8) is 0 Å². The third-order valence-corrected chi connectivity index (χ3v) is 7.41. The van der Waals surface area contributed by atoms with Crippen LogP contribution in [0.25, 0.3) is 0 Å². The molecular weight excluding hydrogens is 412 g/mol. The summed E-state index contributed by atoms with van der Waals surface area (Å²) in [5, 5.41) is 0. The number of fused-ring (bicyclic) bond motifs is 1. The zero-order valence-corrected chi connectivity index (χ0v) is 19.9. The summed E-state index contributed by atoms with van der Waals surface area (Å²) >= 11 is 0. The van der Waals surface area contributed by atoms with Crippen molar-refractivity contribution in [1.29, 1.82) is 0 Å². The number of carbonyl (C=O) groups is 3. The molecule has 3 aliphatic rings. The summed E-state index contributed by atoms with van der Waals surface area (Å²) in [7, 11) is 1.60. The Balaban J connectivity index is 2.14. The molecule has 2 fully saturated rings. The zero-order chi connectivity index (χ0) is 23.6. The first kappa shape index (κ1) is 22.8. The van der Waals surface area contributed by atoms with Crippen molar-refractivity contribution in [2.45, 2.75) is 84.3 Å². The lowest BCUT2D eigenvalue weighted by molar-refractivity contribution is -0.149. The van der Waals surface area contributed by atoms with Crippen LogP contribution in [-0.4, -0.2) is 31.1 Å². The highest BCUT2D eigenvalue weighted by molar-refractivity contribution is 5.91. The third kappa shape index (κ3) is 3.08. The molecule has 0 aromatic heterocycles. The second kappa shape index (κ2) is 7.58. The minimum absolute atomic E-state index is 0.0336. The quantitative estimate of drug-likeness (QED) is 0.504. The van der Waals surface area contributed by atoms with Gasteiger partial charge in [0.25, 0.3) is 0 Å². The van der Waals surface area contributed by atoms with Gasteiger partial charge in [-0.1, -0.05) is 34.1 Å². The highest BCUT2D eigenvalue weighted by Gasteiger charge is 2.70. The number of ether oxygens (including phenoxy) is 4. The summed E-state index contributed by atoms with van der Waals surface area (Å²) in [5.74, 6) is -1.23. The van der Waals surface area contributed by atoms with Crippen LogP contribution < -0.4 is 9.47 Å². The number of esters is 3. The van der Waals surface area contributed by atoms with Crippen LogP contribution >= 0.6 is 0 Å². The Kier molecular flexibility index (Phi) is 5.39. The highest BCUT2D eigenvalue weighted by Crippen LogP contribution is 2.67. The van der Waals surface area contributed by atoms with E-state index >= 15 is 0 Å². The molecule has 4 atom stereocenters. The van der Waals surface area contributed by atoms with Gasteiger partial charge >= 0.3 is 17.9 Å². The number of methoxy groups -OCH3 is 1. The summed E-state index contributed by atoms with van der Waals surface area (Å²) < 4.78 is 23.3. The lowest BCUT2D eigenvalue weighted by Crippen LogP contribution is -2.54. The van der Waals surface area contributed by atoms with Gasteiger partial charge in [0.05, 0.1) is 0 Å². The van der Waals surface area contributed by atoms with E-state index in [0.717, 1.165) is 18.4 Å². The molecule has 2 bridgehead atoms. The maximum absolute atomic E-state index is 13.6. The molecule has 0 spiro atoms. The van der Waals surface area contributed by atoms with Crippen molar-refractivity contribution in [3.8, 4) is 11.5 Å². The van der Waals surface area contributed by atoms with E-state index in [1.54, 1.807) is 7.11 Å². The Bertz CT molecular complexity index is 992. The minimum atomic E-state index is -0.980. The normalized spacial score (nSPS) is 29.8. The van der Waals surface area contributed by atoms with Crippen LogP contribution in [0.1, 0.15) is 89.5 Å². The molecule has 7 nitrogen and oxygen atoms in total. The molecule has 1 heterocycles. The molecule has 4 rings (SSSR count). The lowest BCUT2D eigenvalue weighted by Gasteiger charge is -2.52. The van der Waals surface area contributed by atoms with E-state index in [1.807, 2.05) is 19.9 Å². The van der Waals surface area contributed by atoms with Crippen molar-refractivity contribution in [1.82, 2.24) is 0 Å². The van der Waals surface area contributed by atoms with E-state index in [4.69, 9.17) is 18.9 Å². The van der Waals surface area contributed by atoms with Crippen LogP contribution in [0.5, 0.6) is 11.5 Å². The van der Waals surface area contributed by atoms with Crippen LogP contribution in [0.4, 0.5) is 0 Å². The first-order valence-corrected chi connectivity index (χ1v) is 11.3. The molecule has 1 aliphatic heterocycles. The highest BCUT2D eigenvalue weighted by atomic mass is 16.6. The maximum Gasteiger partial charge on any atom is 0.317 e. The predicted molar refractivity (Wildman–Crippen MR) is 116 cm³/mol. The average Bonchev–Trinajstić information content (AvgIpc) is 2.92. The Morgan fingerprint density at radius 3 is 2.28 bits per heavy atom. The van der Waals surface area contributed by atoms with E-state index in [1.165, 1.54) is 13.8 Å². The topological polar surface area (TPSA) is 88.1 Å². The van der Waals surface area contributed by atoms with E-state index < -0.39 is 29.6 Å². The number of hydrogen-bond acceptors (Lipinski definition) is 7. The van der Waals surface area contributed by atoms with Crippen molar-refractivity contribution in [2.24, 2.45) is 11.3 Å². The fraction of sp³-hybridized carbons (Fsp3) is 0.640. The molecule has 1 saturated heterocycles. The van der Waals surface area contributed by atoms with E-state index in [0.29, 0.717) is 17.5 Å². The molecule has 1 aromatic rings. The van der Waals surface area contributed by atoms with Gasteiger partial charge in [0.2, 0.25) is 0 Å². The second-order valence-corrected chi connectivity index (χ2v) is 10.2. The Morgan fingerprint density at radius 2 is 1.72 bits per heavy atom. The minimum Gasteiger partial charge on any atom is -0.458 e. The second-order valence-electron chi connectivity index (χ2n) is 10.2. The van der Waals surface area contributed by atoms with Crippen LogP contribution in [0.3, 0.4) is 0 Å². The molecule has 32 heavy (non-hydrogen) atoms. The predicted octanol–water partition coefficient (Wildman–Crippen LogP) is 4.35. The monoisotopic (exact) mass is 444 g/mol. The van der Waals surface area contributed by atoms with Gasteiger partial charge in [0.1, 0.15) is 17.6 Å². The fourth-order valence-corrected chi connectivity index (χ4v) is 6.39. The smallest absolute Gasteiger partial charge is 0.317 e. The van der Waals surface area contributed by atoms with Crippen molar-refractivity contribution in [3.05, 3.63) is 22.8 Å². The van der Waals surface area contributed by atoms with Gasteiger partial charge in [-0.15, -0.1) is 0 Å². The van der Waals surface area contributed by atoms with Gasteiger partial charge in [0, 0.05) is 38.0 Å². The summed E-state index contributed by atoms with van der Waals surface area (Å²) in [6.07, 6.45) is 1.42. The molecular formula is C25H32O7. The standard InChI is InChI=1S/C25H32O7/c1-12(2)15-11-16-17(20(31-14(4)27)19(15)30-13(3)26)25-10-8-9-24(5,6)22(25)21(18(16)29-7)32-23(25)28/h11-12,18,21-22H,8-10H2,1-7H3/t18-,21-,22+,25+/m1/s1. The third-order valence-electron chi connectivity index (χ3n) is 7.41. The summed E-state index contributed by atoms with van der Waals surface area (Å²) in [6, 6.07) is 1.94. The first-order valence-electron chi connectivity index (χ1n) is 11.3. The zero-order valence-electron chi connectivity index (χ0n) is 19.9. The molecule has 0 amide bonds. The largest absolute Gasteiger partial charge is 0.458 e. The molecule has 0 radical (unpaired) electrons. The molecule has 1 aromatic carbocycles. The summed E-state index contributed by atoms with van der Waals surface area (Å²) in [4.78, 5) is 37.9. The Hall–Kier alpha value is -2.41. The van der Waals surface area contributed by atoms with Gasteiger partial charge in [-0.2, -0.15) is 0 Å². The van der Waals surface area contributed by atoms with Crippen molar-refractivity contribution < 1.29 is 33.3 Å². The lowest BCUT2D eigenvalue weighted by atomic mass is 9.49. The first-order chi connectivity index (χ1) is 15.0. The molecule has 2 aliphatic carbocycles. The van der Waals surface area contributed by atoms with E-state index in [2.05, 4.69) is 13.8 Å². The molecule has 1 saturated carbocycles. The summed E-state index contributed by atoms with van der Waals surface area (Å²) in [5.41, 5.74) is 0.889. The fourth-order valence-electron chi connectivity index (χ4n) is 6.39. The van der Waals surface area contributed by atoms with E-state index in [-0.39, 0.29) is 34.7 Å². The van der Waals surface area contributed by atoms with Crippen molar-refractivity contribution in [2.75, 3.05) is 7.11 Å². The van der Waals surface area contributed by atoms with Gasteiger partial charge in [0.15, 0.2) is 11.5 Å². The molecule has 0 N–H and O–H groups in total. The van der Waals surface area contributed by atoms with Crippen LogP contribution in [0.15, 0.2) is 6.07 Å². The Labute approximate surface area is 188 Å². The maximum atomic E-state index is 13.6. The molecule has 7 heteroatoms. The summed E-state index contributed by atoms with van der Waals surface area (Å²) in [6.45, 7) is 10.9. The van der Waals surface area contributed by atoms with Gasteiger partial charge in [-0.05, 0) is 35.8 Å². The van der Waals surface area contributed by atoms with Crippen LogP contribution in [0.2, 0.25) is 0 Å². The van der Waals surface area contributed by atoms with E-state index in [9.17, 15) is 14.4 Å². The van der Waals surface area contributed by atoms with Gasteiger partial charge in [-0.3, -0.25) is 14.4 Å². The van der Waals surface area contributed by atoms with Gasteiger partial charge in [-0.25, -0.2) is 0 Å². The number of benzene rings is 1. The number of rotatable bonds is 4. The van der Waals surface area contributed by atoms with Gasteiger partial charge < -0.3 is 18.9 Å². The number of hydrogen-bond donors (Lipinski definition) is 0. The van der Waals surface area contributed by atoms with Crippen LogP contribution in [-0.2, 0) is 29.3 Å². The SMILES string of the molecule is CO[C@@H]1c2cc(C(C)C)c(OC(C)=O)c(OC(C)=O)c2[C@@]23CCCC(C)(C)[C@@H]2[C@@H]1OC3=O.